The van der Waals surface area contributed by atoms with Crippen LogP contribution in [-0.4, -0.2) is 24.8 Å². The summed E-state index contributed by atoms with van der Waals surface area (Å²) in [5.41, 5.74) is 4.19. The number of nitrogens with one attached hydrogen (secondary N) is 2. The zero-order chi connectivity index (χ0) is 13.8. The van der Waals surface area contributed by atoms with Crippen LogP contribution >= 0.6 is 0 Å². The maximum atomic E-state index is 9.47. The van der Waals surface area contributed by atoms with Gasteiger partial charge in [0.25, 0.3) is 0 Å². The standard InChI is InChI=1S/C17H26N2O/c20-12-16-5-2-1-4-14(16)10-18-11-15-7-3-6-13-8-9-19-17(13)15/h3,6-7,14,16,18-20H,1-2,4-5,8-12H2. The maximum absolute atomic E-state index is 9.47. The summed E-state index contributed by atoms with van der Waals surface area (Å²) >= 11 is 0. The number of fused-ring (bicyclic) bond motifs is 1. The summed E-state index contributed by atoms with van der Waals surface area (Å²) < 4.78 is 0. The second-order valence-corrected chi connectivity index (χ2v) is 6.25. The van der Waals surface area contributed by atoms with Crippen molar-refractivity contribution in [1.82, 2.24) is 5.32 Å². The second-order valence-electron chi connectivity index (χ2n) is 6.25. The van der Waals surface area contributed by atoms with Gasteiger partial charge >= 0.3 is 0 Å². The Morgan fingerprint density at radius 1 is 1.20 bits per heavy atom. The molecule has 110 valence electrons. The first kappa shape index (κ1) is 13.9. The van der Waals surface area contributed by atoms with Crippen molar-refractivity contribution >= 4 is 5.69 Å². The molecule has 0 aromatic heterocycles. The van der Waals surface area contributed by atoms with E-state index < -0.39 is 0 Å². The second kappa shape index (κ2) is 6.59. The summed E-state index contributed by atoms with van der Waals surface area (Å²) in [5, 5.41) is 16.6. The third-order valence-corrected chi connectivity index (χ3v) is 4.96. The monoisotopic (exact) mass is 274 g/mol. The Balaban J connectivity index is 1.54. The van der Waals surface area contributed by atoms with Crippen LogP contribution in [0.2, 0.25) is 0 Å². The Morgan fingerprint density at radius 2 is 2.05 bits per heavy atom. The lowest BCUT2D eigenvalue weighted by atomic mass is 9.79. The van der Waals surface area contributed by atoms with Gasteiger partial charge in [0, 0.05) is 25.4 Å². The molecule has 20 heavy (non-hydrogen) atoms. The van der Waals surface area contributed by atoms with Crippen LogP contribution in [0.1, 0.15) is 36.8 Å². The largest absolute Gasteiger partial charge is 0.396 e. The summed E-state index contributed by atoms with van der Waals surface area (Å²) in [7, 11) is 0. The summed E-state index contributed by atoms with van der Waals surface area (Å²) in [6.45, 7) is 3.40. The number of rotatable bonds is 5. The van der Waals surface area contributed by atoms with Gasteiger partial charge in [-0.2, -0.15) is 0 Å². The van der Waals surface area contributed by atoms with Crippen molar-refractivity contribution in [2.24, 2.45) is 11.8 Å². The Kier molecular flexibility index (Phi) is 4.58. The first-order valence-corrected chi connectivity index (χ1v) is 8.04. The minimum atomic E-state index is 0.356. The number of hydrogen-bond donors (Lipinski definition) is 3. The van der Waals surface area contributed by atoms with Crippen molar-refractivity contribution < 1.29 is 5.11 Å². The van der Waals surface area contributed by atoms with Crippen LogP contribution < -0.4 is 10.6 Å². The molecule has 1 aliphatic heterocycles. The van der Waals surface area contributed by atoms with Gasteiger partial charge in [0.15, 0.2) is 0 Å². The van der Waals surface area contributed by atoms with E-state index in [4.69, 9.17) is 0 Å². The Morgan fingerprint density at radius 3 is 2.90 bits per heavy atom. The predicted octanol–water partition coefficient (Wildman–Crippen LogP) is 2.54. The van der Waals surface area contributed by atoms with Crippen LogP contribution in [0, 0.1) is 11.8 Å². The van der Waals surface area contributed by atoms with Gasteiger partial charge in [0.1, 0.15) is 0 Å². The maximum Gasteiger partial charge on any atom is 0.0462 e. The molecule has 3 heteroatoms. The fraction of sp³-hybridized carbons (Fsp3) is 0.647. The average Bonchev–Trinajstić information content (AvgIpc) is 2.97. The van der Waals surface area contributed by atoms with Crippen LogP contribution in [0.3, 0.4) is 0 Å². The molecular formula is C17H26N2O. The van der Waals surface area contributed by atoms with E-state index in [2.05, 4.69) is 28.8 Å². The zero-order valence-electron chi connectivity index (χ0n) is 12.2. The molecule has 2 unspecified atom stereocenters. The van der Waals surface area contributed by atoms with Gasteiger partial charge in [-0.15, -0.1) is 0 Å². The van der Waals surface area contributed by atoms with Gasteiger partial charge in [-0.25, -0.2) is 0 Å². The average molecular weight is 274 g/mol. The lowest BCUT2D eigenvalue weighted by Gasteiger charge is -2.30. The molecule has 1 fully saturated rings. The van der Waals surface area contributed by atoms with Gasteiger partial charge in [0.05, 0.1) is 0 Å². The van der Waals surface area contributed by atoms with Crippen molar-refractivity contribution in [2.45, 2.75) is 38.6 Å². The fourth-order valence-electron chi connectivity index (χ4n) is 3.74. The molecule has 3 nitrogen and oxygen atoms in total. The quantitative estimate of drug-likeness (QED) is 0.773. The first-order valence-electron chi connectivity index (χ1n) is 8.04. The molecule has 0 bridgehead atoms. The topological polar surface area (TPSA) is 44.3 Å². The van der Waals surface area contributed by atoms with Crippen molar-refractivity contribution in [3.63, 3.8) is 0 Å². The smallest absolute Gasteiger partial charge is 0.0462 e. The van der Waals surface area contributed by atoms with Gasteiger partial charge in [-0.3, -0.25) is 0 Å². The Hall–Kier alpha value is -1.06. The number of aliphatic hydroxyl groups is 1. The zero-order valence-corrected chi connectivity index (χ0v) is 12.2. The Labute approximate surface area is 121 Å². The van der Waals surface area contributed by atoms with E-state index in [1.165, 1.54) is 42.5 Å². The van der Waals surface area contributed by atoms with Crippen molar-refractivity contribution in [3.05, 3.63) is 29.3 Å². The van der Waals surface area contributed by atoms with E-state index in [1.807, 2.05) is 0 Å². The normalized spacial score (nSPS) is 25.2. The molecule has 1 saturated carbocycles. The number of aliphatic hydroxyl groups excluding tert-OH is 1. The van der Waals surface area contributed by atoms with Crippen LogP contribution in [0.15, 0.2) is 18.2 Å². The van der Waals surface area contributed by atoms with Crippen LogP contribution in [0.4, 0.5) is 5.69 Å². The fourth-order valence-corrected chi connectivity index (χ4v) is 3.74. The van der Waals surface area contributed by atoms with Crippen molar-refractivity contribution in [1.29, 1.82) is 0 Å². The summed E-state index contributed by atoms with van der Waals surface area (Å²) in [6.07, 6.45) is 6.23. The number of benzene rings is 1. The van der Waals surface area contributed by atoms with Gasteiger partial charge < -0.3 is 15.7 Å². The molecule has 3 rings (SSSR count). The third kappa shape index (κ3) is 2.99. The molecule has 1 aromatic rings. The predicted molar refractivity (Wildman–Crippen MR) is 82.9 cm³/mol. The molecule has 3 N–H and O–H groups in total. The molecule has 1 aliphatic carbocycles. The molecule has 0 radical (unpaired) electrons. The molecule has 2 aliphatic rings. The highest BCUT2D eigenvalue weighted by molar-refractivity contribution is 5.61. The van der Waals surface area contributed by atoms with Crippen LogP contribution in [0.5, 0.6) is 0 Å². The highest BCUT2D eigenvalue weighted by atomic mass is 16.3. The molecule has 0 amide bonds. The van der Waals surface area contributed by atoms with Crippen molar-refractivity contribution in [3.8, 4) is 0 Å². The Bertz CT molecular complexity index is 447. The van der Waals surface area contributed by atoms with Crippen LogP contribution in [-0.2, 0) is 13.0 Å². The van der Waals surface area contributed by atoms with E-state index in [0.29, 0.717) is 18.4 Å². The minimum Gasteiger partial charge on any atom is -0.396 e. The van der Waals surface area contributed by atoms with Gasteiger partial charge in [0.2, 0.25) is 0 Å². The lowest BCUT2D eigenvalue weighted by molar-refractivity contribution is 0.133. The SMILES string of the molecule is OCC1CCCCC1CNCc1cccc2c1NCC2. The highest BCUT2D eigenvalue weighted by Crippen LogP contribution is 2.30. The summed E-state index contributed by atoms with van der Waals surface area (Å²) in [5.74, 6) is 1.16. The number of hydrogen-bond acceptors (Lipinski definition) is 3. The van der Waals surface area contributed by atoms with Crippen molar-refractivity contribution in [2.75, 3.05) is 25.0 Å². The lowest BCUT2D eigenvalue weighted by Crippen LogP contribution is -2.32. The molecule has 0 saturated heterocycles. The molecule has 0 spiro atoms. The van der Waals surface area contributed by atoms with E-state index in [1.54, 1.807) is 0 Å². The minimum absolute atomic E-state index is 0.356. The van der Waals surface area contributed by atoms with Crippen LogP contribution in [0.25, 0.3) is 0 Å². The van der Waals surface area contributed by atoms with E-state index in [0.717, 1.165) is 26.1 Å². The van der Waals surface area contributed by atoms with Gasteiger partial charge in [-0.1, -0.05) is 31.0 Å². The molecule has 1 aromatic carbocycles. The molecular weight excluding hydrogens is 248 g/mol. The molecule has 2 atom stereocenters. The number of anilines is 1. The number of para-hydroxylation sites is 1. The first-order chi connectivity index (χ1) is 9.88. The van der Waals surface area contributed by atoms with E-state index in [-0.39, 0.29) is 0 Å². The van der Waals surface area contributed by atoms with Gasteiger partial charge in [-0.05, 0) is 48.8 Å². The van der Waals surface area contributed by atoms with E-state index >= 15 is 0 Å². The van der Waals surface area contributed by atoms with E-state index in [9.17, 15) is 5.11 Å². The highest BCUT2D eigenvalue weighted by Gasteiger charge is 2.24. The third-order valence-electron chi connectivity index (χ3n) is 4.96. The summed E-state index contributed by atoms with van der Waals surface area (Å²) in [4.78, 5) is 0. The summed E-state index contributed by atoms with van der Waals surface area (Å²) in [6, 6.07) is 6.61. The molecule has 1 heterocycles.